The number of carboxylic acid groups (broad SMARTS) is 1. The second-order valence-electron chi connectivity index (χ2n) is 4.51. The van der Waals surface area contributed by atoms with E-state index < -0.39 is 5.97 Å². The number of rotatable bonds is 4. The van der Waals surface area contributed by atoms with E-state index in [0.29, 0.717) is 15.6 Å². The zero-order chi connectivity index (χ0) is 14.9. The molecule has 1 unspecified atom stereocenters. The molecule has 20 heavy (non-hydrogen) atoms. The van der Waals surface area contributed by atoms with E-state index in [0.717, 1.165) is 0 Å². The van der Waals surface area contributed by atoms with Crippen molar-refractivity contribution < 1.29 is 14.3 Å². The molecule has 1 heterocycles. The number of benzene rings is 1. The molecule has 0 bridgehead atoms. The molecule has 1 N–H and O–H groups in total. The molecule has 2 rings (SSSR count). The molecule has 1 atom stereocenters. The van der Waals surface area contributed by atoms with Gasteiger partial charge in [-0.05, 0) is 19.9 Å². The van der Waals surface area contributed by atoms with Gasteiger partial charge in [0.1, 0.15) is 5.82 Å². The summed E-state index contributed by atoms with van der Waals surface area (Å²) in [5.41, 5.74) is 0.609. The Morgan fingerprint density at radius 3 is 2.65 bits per heavy atom. The van der Waals surface area contributed by atoms with E-state index in [4.69, 9.17) is 5.11 Å². The largest absolute Gasteiger partial charge is 0.476 e. The summed E-state index contributed by atoms with van der Waals surface area (Å²) in [6, 6.07) is 6.31. The van der Waals surface area contributed by atoms with E-state index in [-0.39, 0.29) is 17.6 Å². The minimum Gasteiger partial charge on any atom is -0.476 e. The van der Waals surface area contributed by atoms with Crippen LogP contribution >= 0.6 is 11.3 Å². The predicted octanol–water partition coefficient (Wildman–Crippen LogP) is 3.49. The van der Waals surface area contributed by atoms with Gasteiger partial charge in [0.25, 0.3) is 0 Å². The van der Waals surface area contributed by atoms with Gasteiger partial charge in [-0.15, -0.1) is 11.3 Å². The number of hydrogen-bond acceptors (Lipinski definition) is 4. The van der Waals surface area contributed by atoms with Crippen molar-refractivity contribution in [2.45, 2.75) is 19.9 Å². The quantitative estimate of drug-likeness (QED) is 0.938. The number of aryl methyl sites for hydroxylation is 1. The van der Waals surface area contributed by atoms with Gasteiger partial charge in [-0.1, -0.05) is 18.2 Å². The molecule has 0 fully saturated rings. The fourth-order valence-corrected chi connectivity index (χ4v) is 2.86. The summed E-state index contributed by atoms with van der Waals surface area (Å²) in [6.07, 6.45) is 0. The van der Waals surface area contributed by atoms with E-state index in [1.165, 1.54) is 17.4 Å². The average Bonchev–Trinajstić information content (AvgIpc) is 2.80. The number of carbonyl (C=O) groups is 1. The smallest absolute Gasteiger partial charge is 0.355 e. The Hall–Kier alpha value is -1.95. The molecule has 0 spiro atoms. The molecule has 0 saturated carbocycles. The fourth-order valence-electron chi connectivity index (χ4n) is 1.92. The third kappa shape index (κ3) is 2.65. The first kappa shape index (κ1) is 14.5. The molecule has 4 nitrogen and oxygen atoms in total. The van der Waals surface area contributed by atoms with E-state index in [2.05, 4.69) is 4.98 Å². The molecule has 2 aromatic rings. The van der Waals surface area contributed by atoms with Gasteiger partial charge in [-0.3, -0.25) is 0 Å². The zero-order valence-corrected chi connectivity index (χ0v) is 12.2. The van der Waals surface area contributed by atoms with Crippen molar-refractivity contribution in [2.24, 2.45) is 0 Å². The van der Waals surface area contributed by atoms with E-state index in [1.54, 1.807) is 37.1 Å². The molecule has 0 saturated heterocycles. The van der Waals surface area contributed by atoms with Crippen molar-refractivity contribution >= 4 is 22.4 Å². The second kappa shape index (κ2) is 5.58. The lowest BCUT2D eigenvalue weighted by molar-refractivity contribution is 0.0690. The van der Waals surface area contributed by atoms with Crippen LogP contribution in [0.25, 0.3) is 0 Å². The second-order valence-corrected chi connectivity index (χ2v) is 5.70. The summed E-state index contributed by atoms with van der Waals surface area (Å²) in [6.45, 7) is 3.57. The zero-order valence-electron chi connectivity index (χ0n) is 11.4. The van der Waals surface area contributed by atoms with Crippen LogP contribution in [0.2, 0.25) is 0 Å². The molecule has 0 aliphatic heterocycles. The van der Waals surface area contributed by atoms with Crippen LogP contribution in [0.1, 0.15) is 33.9 Å². The molecule has 0 radical (unpaired) electrons. The summed E-state index contributed by atoms with van der Waals surface area (Å²) < 4.78 is 13.8. The van der Waals surface area contributed by atoms with E-state index in [9.17, 15) is 9.18 Å². The lowest BCUT2D eigenvalue weighted by Gasteiger charge is -2.24. The SMILES string of the molecule is Cc1sc(N(C)C(C)c2ccccc2F)nc1C(=O)O. The Bertz CT molecular complexity index is 642. The van der Waals surface area contributed by atoms with Crippen molar-refractivity contribution in [1.29, 1.82) is 0 Å². The van der Waals surface area contributed by atoms with Gasteiger partial charge >= 0.3 is 5.97 Å². The summed E-state index contributed by atoms with van der Waals surface area (Å²) in [5, 5.41) is 9.59. The Labute approximate surface area is 120 Å². The van der Waals surface area contributed by atoms with Crippen LogP contribution in [0, 0.1) is 12.7 Å². The highest BCUT2D eigenvalue weighted by molar-refractivity contribution is 7.15. The molecular weight excluding hydrogens is 279 g/mol. The maximum Gasteiger partial charge on any atom is 0.355 e. The molecule has 0 aliphatic carbocycles. The standard InChI is InChI=1S/C14H15FN2O2S/c1-8(10-6-4-5-7-11(10)15)17(3)14-16-12(13(18)19)9(2)20-14/h4-8H,1-3H3,(H,18,19). The monoisotopic (exact) mass is 294 g/mol. The Morgan fingerprint density at radius 1 is 1.45 bits per heavy atom. The number of aromatic carboxylic acids is 1. The summed E-state index contributed by atoms with van der Waals surface area (Å²) in [4.78, 5) is 17.5. The van der Waals surface area contributed by atoms with Crippen LogP contribution in [0.5, 0.6) is 0 Å². The first-order valence-corrected chi connectivity index (χ1v) is 6.91. The first-order chi connectivity index (χ1) is 9.41. The molecule has 106 valence electrons. The molecule has 0 amide bonds. The predicted molar refractivity (Wildman–Crippen MR) is 77.0 cm³/mol. The first-order valence-electron chi connectivity index (χ1n) is 6.09. The number of anilines is 1. The van der Waals surface area contributed by atoms with Gasteiger partial charge in [0.05, 0.1) is 6.04 Å². The number of carboxylic acids is 1. The summed E-state index contributed by atoms with van der Waals surface area (Å²) >= 11 is 1.29. The van der Waals surface area contributed by atoms with Crippen molar-refractivity contribution in [3.05, 3.63) is 46.2 Å². The Kier molecular flexibility index (Phi) is 4.04. The number of aromatic nitrogens is 1. The van der Waals surface area contributed by atoms with Crippen molar-refractivity contribution in [3.63, 3.8) is 0 Å². The van der Waals surface area contributed by atoms with Crippen LogP contribution in [-0.2, 0) is 0 Å². The molecule has 1 aromatic carbocycles. The van der Waals surface area contributed by atoms with Gasteiger partial charge in [-0.2, -0.15) is 0 Å². The van der Waals surface area contributed by atoms with Gasteiger partial charge in [-0.25, -0.2) is 14.2 Å². The van der Waals surface area contributed by atoms with Crippen LogP contribution in [-0.4, -0.2) is 23.1 Å². The number of hydrogen-bond donors (Lipinski definition) is 1. The number of halogens is 1. The third-order valence-corrected chi connectivity index (χ3v) is 4.29. The molecule has 1 aromatic heterocycles. The maximum atomic E-state index is 13.8. The molecule has 0 aliphatic rings. The average molecular weight is 294 g/mol. The van der Waals surface area contributed by atoms with Gasteiger partial charge in [0, 0.05) is 17.5 Å². The van der Waals surface area contributed by atoms with Crippen LogP contribution in [0.4, 0.5) is 9.52 Å². The van der Waals surface area contributed by atoms with Crippen LogP contribution in [0.15, 0.2) is 24.3 Å². The number of thiazole rings is 1. The van der Waals surface area contributed by atoms with Gasteiger partial charge < -0.3 is 10.0 Å². The topological polar surface area (TPSA) is 53.4 Å². The molecular formula is C14H15FN2O2S. The Morgan fingerprint density at radius 2 is 2.10 bits per heavy atom. The molecule has 6 heteroatoms. The van der Waals surface area contributed by atoms with Crippen molar-refractivity contribution in [1.82, 2.24) is 4.98 Å². The van der Waals surface area contributed by atoms with E-state index >= 15 is 0 Å². The highest BCUT2D eigenvalue weighted by Gasteiger charge is 2.21. The van der Waals surface area contributed by atoms with Crippen molar-refractivity contribution in [3.8, 4) is 0 Å². The lowest BCUT2D eigenvalue weighted by atomic mass is 10.1. The Balaban J connectivity index is 2.32. The van der Waals surface area contributed by atoms with E-state index in [1.807, 2.05) is 6.92 Å². The summed E-state index contributed by atoms with van der Waals surface area (Å²) in [7, 11) is 1.78. The minimum atomic E-state index is -1.04. The van der Waals surface area contributed by atoms with Crippen LogP contribution < -0.4 is 4.90 Å². The minimum absolute atomic E-state index is 0.0533. The normalized spacial score (nSPS) is 12.2. The highest BCUT2D eigenvalue weighted by atomic mass is 32.1. The summed E-state index contributed by atoms with van der Waals surface area (Å²) in [5.74, 6) is -1.32. The van der Waals surface area contributed by atoms with Gasteiger partial charge in [0.15, 0.2) is 10.8 Å². The third-order valence-electron chi connectivity index (χ3n) is 3.23. The number of nitrogens with zero attached hydrogens (tertiary/aromatic N) is 2. The fraction of sp³-hybridized carbons (Fsp3) is 0.286. The lowest BCUT2D eigenvalue weighted by Crippen LogP contribution is -2.22. The van der Waals surface area contributed by atoms with Gasteiger partial charge in [0.2, 0.25) is 0 Å². The van der Waals surface area contributed by atoms with Crippen molar-refractivity contribution in [2.75, 3.05) is 11.9 Å². The van der Waals surface area contributed by atoms with Crippen LogP contribution in [0.3, 0.4) is 0 Å². The highest BCUT2D eigenvalue weighted by Crippen LogP contribution is 2.31. The maximum absolute atomic E-state index is 13.8.